The topological polar surface area (TPSA) is 107 Å². The van der Waals surface area contributed by atoms with E-state index < -0.39 is 0 Å². The maximum Gasteiger partial charge on any atom is 0.196 e. The van der Waals surface area contributed by atoms with Crippen molar-refractivity contribution < 1.29 is 19.2 Å². The van der Waals surface area contributed by atoms with Crippen LogP contribution in [0.5, 0.6) is 0 Å². The van der Waals surface area contributed by atoms with E-state index in [1.807, 2.05) is 13.8 Å². The molecular formula is C33H26N2O4. The predicted octanol–water partition coefficient (Wildman–Crippen LogP) is 6.16. The van der Waals surface area contributed by atoms with Crippen molar-refractivity contribution in [1.29, 1.82) is 0 Å². The molecule has 4 aromatic rings. The number of carbonyl (C=O) groups is 4. The molecule has 2 aliphatic carbocycles. The quantitative estimate of drug-likeness (QED) is 0.265. The molecule has 6 heteroatoms. The number of fused-ring (bicyclic) bond motifs is 5. The molecule has 3 aliphatic rings. The molecule has 1 heterocycles. The van der Waals surface area contributed by atoms with Gasteiger partial charge in [-0.25, -0.2) is 0 Å². The number of hydrogen-bond donors (Lipinski definition) is 1. The molecule has 192 valence electrons. The van der Waals surface area contributed by atoms with Gasteiger partial charge >= 0.3 is 0 Å². The van der Waals surface area contributed by atoms with Gasteiger partial charge in [0.25, 0.3) is 0 Å². The SMILES string of the molecule is C.CC.Nc1c(C2=Nc3cc4c(cc3C2)C(=O)c2ccccc2C4=O)ccc2c1C(=O)c1ccccc1C2=O. The largest absolute Gasteiger partial charge is 0.398 e. The average Bonchev–Trinajstić information content (AvgIpc) is 3.37. The Hall–Kier alpha value is -4.97. The fraction of sp³-hybridized carbons (Fsp3) is 0.121. The van der Waals surface area contributed by atoms with E-state index in [0.29, 0.717) is 56.8 Å². The van der Waals surface area contributed by atoms with E-state index in [9.17, 15) is 19.2 Å². The molecule has 0 atom stereocenters. The molecule has 0 radical (unpaired) electrons. The van der Waals surface area contributed by atoms with Crippen molar-refractivity contribution >= 4 is 40.2 Å². The third kappa shape index (κ3) is 3.60. The molecule has 0 spiro atoms. The molecule has 4 aromatic carbocycles. The fourth-order valence-electron chi connectivity index (χ4n) is 5.41. The summed E-state index contributed by atoms with van der Waals surface area (Å²) in [5.74, 6) is -0.922. The van der Waals surface area contributed by atoms with Crippen molar-refractivity contribution in [3.05, 3.63) is 128 Å². The van der Waals surface area contributed by atoms with Gasteiger partial charge in [-0.2, -0.15) is 0 Å². The number of anilines is 1. The smallest absolute Gasteiger partial charge is 0.196 e. The van der Waals surface area contributed by atoms with E-state index in [1.54, 1.807) is 72.8 Å². The lowest BCUT2D eigenvalue weighted by Crippen LogP contribution is -2.23. The molecule has 39 heavy (non-hydrogen) atoms. The third-order valence-corrected chi connectivity index (χ3v) is 7.18. The number of aliphatic imine (C=N–C) groups is 1. The molecule has 1 aliphatic heterocycles. The Morgan fingerprint density at radius 3 is 1.62 bits per heavy atom. The number of benzene rings is 4. The lowest BCUT2D eigenvalue weighted by atomic mass is 9.81. The minimum Gasteiger partial charge on any atom is -0.398 e. The summed E-state index contributed by atoms with van der Waals surface area (Å²) in [6.45, 7) is 4.00. The van der Waals surface area contributed by atoms with Gasteiger partial charge in [0.1, 0.15) is 0 Å². The van der Waals surface area contributed by atoms with Crippen molar-refractivity contribution in [2.75, 3.05) is 5.73 Å². The molecule has 2 N–H and O–H groups in total. The van der Waals surface area contributed by atoms with Crippen LogP contribution in [0.1, 0.15) is 96.1 Å². The Morgan fingerprint density at radius 2 is 1.05 bits per heavy atom. The van der Waals surface area contributed by atoms with Crippen LogP contribution in [0.2, 0.25) is 0 Å². The Labute approximate surface area is 226 Å². The molecule has 0 saturated carbocycles. The standard InChI is InChI=1S/C30H16N2O4.C2H6.CH4/c31-26-19(9-10-20-25(26)30(36)18-8-4-3-7-17(18)27(20)33)24-12-14-11-21-22(13-23(14)32-24)29(35)16-6-2-1-5-15(16)28(21)34;1-2;/h1-11,13H,12,31H2;1-2H3;1H4. The van der Waals surface area contributed by atoms with Crippen molar-refractivity contribution in [2.45, 2.75) is 27.7 Å². The lowest BCUT2D eigenvalue weighted by Gasteiger charge is -2.20. The van der Waals surface area contributed by atoms with E-state index in [-0.39, 0.29) is 47.4 Å². The maximum absolute atomic E-state index is 13.3. The molecule has 0 unspecified atom stereocenters. The first-order valence-electron chi connectivity index (χ1n) is 12.5. The number of nitrogens with zero attached hydrogens (tertiary/aromatic N) is 1. The van der Waals surface area contributed by atoms with E-state index in [0.717, 1.165) is 5.56 Å². The van der Waals surface area contributed by atoms with Crippen LogP contribution in [0.15, 0.2) is 77.8 Å². The first kappa shape index (κ1) is 25.7. The third-order valence-electron chi connectivity index (χ3n) is 7.18. The molecule has 0 aromatic heterocycles. The summed E-state index contributed by atoms with van der Waals surface area (Å²) < 4.78 is 0. The molecule has 0 fully saturated rings. The first-order chi connectivity index (χ1) is 18.4. The second-order valence-corrected chi connectivity index (χ2v) is 9.12. The highest BCUT2D eigenvalue weighted by Crippen LogP contribution is 2.39. The summed E-state index contributed by atoms with van der Waals surface area (Å²) in [7, 11) is 0. The number of carbonyl (C=O) groups excluding carboxylic acids is 4. The number of hydrogen-bond acceptors (Lipinski definition) is 6. The minimum absolute atomic E-state index is 0. The van der Waals surface area contributed by atoms with E-state index in [1.165, 1.54) is 0 Å². The minimum atomic E-state index is -0.292. The van der Waals surface area contributed by atoms with Crippen LogP contribution >= 0.6 is 0 Å². The number of ketones is 4. The Morgan fingerprint density at radius 1 is 0.590 bits per heavy atom. The molecular weight excluding hydrogens is 488 g/mol. The second kappa shape index (κ2) is 9.40. The van der Waals surface area contributed by atoms with Crippen LogP contribution in [-0.4, -0.2) is 28.8 Å². The van der Waals surface area contributed by atoms with E-state index in [4.69, 9.17) is 10.7 Å². The Kier molecular flexibility index (Phi) is 6.19. The van der Waals surface area contributed by atoms with Crippen molar-refractivity contribution in [1.82, 2.24) is 0 Å². The second-order valence-electron chi connectivity index (χ2n) is 9.12. The summed E-state index contributed by atoms with van der Waals surface area (Å²) in [5, 5.41) is 0. The van der Waals surface area contributed by atoms with Gasteiger partial charge < -0.3 is 5.73 Å². The normalized spacial score (nSPS) is 14.1. The summed E-state index contributed by atoms with van der Waals surface area (Å²) in [5.41, 5.74) is 11.9. The van der Waals surface area contributed by atoms with Gasteiger partial charge in [0.15, 0.2) is 23.1 Å². The monoisotopic (exact) mass is 514 g/mol. The van der Waals surface area contributed by atoms with Crippen molar-refractivity contribution in [3.63, 3.8) is 0 Å². The van der Waals surface area contributed by atoms with Crippen molar-refractivity contribution in [3.8, 4) is 0 Å². The number of rotatable bonds is 1. The Bertz CT molecular complexity index is 1800. The molecule has 0 amide bonds. The molecule has 6 nitrogen and oxygen atoms in total. The van der Waals surface area contributed by atoms with Crippen LogP contribution in [0.4, 0.5) is 11.4 Å². The van der Waals surface area contributed by atoms with Crippen LogP contribution in [0.3, 0.4) is 0 Å². The van der Waals surface area contributed by atoms with Crippen molar-refractivity contribution in [2.24, 2.45) is 4.99 Å². The highest BCUT2D eigenvalue weighted by Gasteiger charge is 2.34. The van der Waals surface area contributed by atoms with Crippen LogP contribution < -0.4 is 5.73 Å². The molecule has 0 saturated heterocycles. The maximum atomic E-state index is 13.3. The highest BCUT2D eigenvalue weighted by molar-refractivity contribution is 6.32. The first-order valence-corrected chi connectivity index (χ1v) is 12.5. The van der Waals surface area contributed by atoms with Gasteiger partial charge in [0, 0.05) is 50.9 Å². The Balaban J connectivity index is 0.00000101. The van der Waals surface area contributed by atoms with Gasteiger partial charge in [-0.3, -0.25) is 24.2 Å². The zero-order valence-corrected chi connectivity index (χ0v) is 20.8. The van der Waals surface area contributed by atoms with Gasteiger partial charge in [-0.1, -0.05) is 75.9 Å². The molecule has 0 bridgehead atoms. The van der Waals surface area contributed by atoms with E-state index >= 15 is 0 Å². The zero-order chi connectivity index (χ0) is 26.7. The van der Waals surface area contributed by atoms with Crippen LogP contribution in [-0.2, 0) is 6.42 Å². The van der Waals surface area contributed by atoms with E-state index in [2.05, 4.69) is 0 Å². The van der Waals surface area contributed by atoms with Gasteiger partial charge in [-0.05, 0) is 23.8 Å². The fourth-order valence-corrected chi connectivity index (χ4v) is 5.41. The summed E-state index contributed by atoms with van der Waals surface area (Å²) >= 11 is 0. The predicted molar refractivity (Wildman–Crippen MR) is 152 cm³/mol. The number of nitrogens with two attached hydrogens (primary N) is 1. The van der Waals surface area contributed by atoms with Gasteiger partial charge in [0.2, 0.25) is 0 Å². The highest BCUT2D eigenvalue weighted by atomic mass is 16.1. The van der Waals surface area contributed by atoms with Gasteiger partial charge in [0.05, 0.1) is 22.6 Å². The van der Waals surface area contributed by atoms with Crippen LogP contribution in [0, 0.1) is 0 Å². The summed E-state index contributed by atoms with van der Waals surface area (Å²) in [6, 6.07) is 20.2. The molecule has 7 rings (SSSR count). The van der Waals surface area contributed by atoms with Gasteiger partial charge in [-0.15, -0.1) is 0 Å². The zero-order valence-electron chi connectivity index (χ0n) is 20.8. The lowest BCUT2D eigenvalue weighted by molar-refractivity contribution is 0.0979. The van der Waals surface area contributed by atoms with Crippen LogP contribution in [0.25, 0.3) is 0 Å². The average molecular weight is 515 g/mol. The number of nitrogen functional groups attached to an aromatic ring is 1. The summed E-state index contributed by atoms with van der Waals surface area (Å²) in [6.07, 6.45) is 0.382. The summed E-state index contributed by atoms with van der Waals surface area (Å²) in [4.78, 5) is 57.2.